The molecular weight excluding hydrogens is 422 g/mol. The monoisotopic (exact) mass is 441 g/mol. The first-order chi connectivity index (χ1) is 12.2. The summed E-state index contributed by atoms with van der Waals surface area (Å²) >= 11 is 3.34. The van der Waals surface area contributed by atoms with Crippen LogP contribution in [0.3, 0.4) is 0 Å². The maximum Gasteiger partial charge on any atom is 0.324 e. The number of aryl methyl sites for hydroxylation is 1. The van der Waals surface area contributed by atoms with Gasteiger partial charge in [-0.05, 0) is 44.2 Å². The molecule has 0 unspecified atom stereocenters. The van der Waals surface area contributed by atoms with Crippen molar-refractivity contribution in [2.24, 2.45) is 0 Å². The van der Waals surface area contributed by atoms with Gasteiger partial charge in [0.1, 0.15) is 18.4 Å². The lowest BCUT2D eigenvalue weighted by atomic mass is 10.2. The molecule has 0 saturated carbocycles. The Balaban J connectivity index is 2.01. The summed E-state index contributed by atoms with van der Waals surface area (Å²) < 4.78 is 38.2. The number of sulfonamides is 1. The van der Waals surface area contributed by atoms with E-state index in [1.165, 1.54) is 26.2 Å². The van der Waals surface area contributed by atoms with Crippen molar-refractivity contribution in [3.05, 3.63) is 58.1 Å². The summed E-state index contributed by atoms with van der Waals surface area (Å²) in [5, 5.41) is 0. The fourth-order valence-corrected chi connectivity index (χ4v) is 3.80. The van der Waals surface area contributed by atoms with E-state index >= 15 is 0 Å². The Bertz CT molecular complexity index is 881. The van der Waals surface area contributed by atoms with Gasteiger partial charge in [-0.3, -0.25) is 4.79 Å². The molecule has 2 aromatic rings. The van der Waals surface area contributed by atoms with Crippen LogP contribution in [0.1, 0.15) is 18.1 Å². The van der Waals surface area contributed by atoms with Crippen LogP contribution in [-0.4, -0.2) is 27.5 Å². The van der Waals surface area contributed by atoms with E-state index in [2.05, 4.69) is 20.7 Å². The summed E-state index contributed by atoms with van der Waals surface area (Å²) in [5.74, 6) is -0.100. The highest BCUT2D eigenvalue weighted by molar-refractivity contribution is 9.10. The van der Waals surface area contributed by atoms with Gasteiger partial charge in [0.15, 0.2) is 0 Å². The normalized spacial score (nSPS) is 12.5. The first kappa shape index (κ1) is 20.4. The van der Waals surface area contributed by atoms with Crippen LogP contribution in [-0.2, 0) is 26.2 Å². The Morgan fingerprint density at radius 3 is 2.46 bits per heavy atom. The number of esters is 1. The third kappa shape index (κ3) is 5.30. The second kappa shape index (κ2) is 8.66. The first-order valence-corrected chi connectivity index (χ1v) is 10.1. The smallest absolute Gasteiger partial charge is 0.324 e. The van der Waals surface area contributed by atoms with E-state index in [0.717, 1.165) is 10.0 Å². The van der Waals surface area contributed by atoms with E-state index in [9.17, 15) is 13.2 Å². The molecule has 0 aromatic heterocycles. The van der Waals surface area contributed by atoms with Gasteiger partial charge in [-0.15, -0.1) is 0 Å². The van der Waals surface area contributed by atoms with Crippen molar-refractivity contribution < 1.29 is 22.7 Å². The Kier molecular flexibility index (Phi) is 6.80. The van der Waals surface area contributed by atoms with Crippen molar-refractivity contribution in [1.82, 2.24) is 4.72 Å². The maximum atomic E-state index is 12.3. The van der Waals surface area contributed by atoms with Crippen LogP contribution in [0.5, 0.6) is 5.75 Å². The summed E-state index contributed by atoms with van der Waals surface area (Å²) in [6, 6.07) is 10.7. The number of ether oxygens (including phenoxy) is 2. The van der Waals surface area contributed by atoms with Gasteiger partial charge < -0.3 is 9.47 Å². The zero-order chi connectivity index (χ0) is 19.3. The van der Waals surface area contributed by atoms with E-state index in [4.69, 9.17) is 9.47 Å². The fraction of sp³-hybridized carbons (Fsp3) is 0.278. The van der Waals surface area contributed by atoms with Crippen molar-refractivity contribution in [2.75, 3.05) is 7.11 Å². The molecular formula is C18H20BrNO5S. The molecule has 1 atom stereocenters. The number of halogens is 1. The molecule has 0 aliphatic rings. The molecule has 2 aromatic carbocycles. The van der Waals surface area contributed by atoms with Crippen LogP contribution in [0.2, 0.25) is 0 Å². The highest BCUT2D eigenvalue weighted by atomic mass is 79.9. The third-order valence-corrected chi connectivity index (χ3v) is 5.68. The molecule has 2 rings (SSSR count). The second-order valence-electron chi connectivity index (χ2n) is 5.72. The molecule has 0 amide bonds. The van der Waals surface area contributed by atoms with Crippen LogP contribution in [0.25, 0.3) is 0 Å². The minimum absolute atomic E-state index is 0.0297. The standard InChI is InChI=1S/C18H20BrNO5S/c1-12-4-7-16(8-5-12)26(22,23)20-13(2)18(21)25-11-14-10-15(19)6-9-17(14)24-3/h4-10,13,20H,11H2,1-3H3/t13-/m0/s1. The average molecular weight is 442 g/mol. The number of carbonyl (C=O) groups excluding carboxylic acids is 1. The number of rotatable bonds is 7. The molecule has 0 aliphatic heterocycles. The van der Waals surface area contributed by atoms with E-state index < -0.39 is 22.0 Å². The van der Waals surface area contributed by atoms with Crippen molar-refractivity contribution >= 4 is 31.9 Å². The number of hydrogen-bond acceptors (Lipinski definition) is 5. The molecule has 0 fully saturated rings. The summed E-state index contributed by atoms with van der Waals surface area (Å²) in [6.07, 6.45) is 0. The summed E-state index contributed by atoms with van der Waals surface area (Å²) in [6.45, 7) is 3.27. The van der Waals surface area contributed by atoms with Crippen molar-refractivity contribution in [3.8, 4) is 5.75 Å². The summed E-state index contributed by atoms with van der Waals surface area (Å²) in [4.78, 5) is 12.3. The van der Waals surface area contributed by atoms with Crippen molar-refractivity contribution in [1.29, 1.82) is 0 Å². The van der Waals surface area contributed by atoms with Gasteiger partial charge in [0.25, 0.3) is 0 Å². The predicted molar refractivity (Wildman–Crippen MR) is 101 cm³/mol. The predicted octanol–water partition coefficient (Wildman–Crippen LogP) is 3.18. The van der Waals surface area contributed by atoms with Gasteiger partial charge >= 0.3 is 5.97 Å². The van der Waals surface area contributed by atoms with E-state index in [0.29, 0.717) is 11.3 Å². The zero-order valence-electron chi connectivity index (χ0n) is 14.7. The Morgan fingerprint density at radius 1 is 1.19 bits per heavy atom. The van der Waals surface area contributed by atoms with Gasteiger partial charge in [-0.2, -0.15) is 4.72 Å². The first-order valence-electron chi connectivity index (χ1n) is 7.81. The molecule has 0 radical (unpaired) electrons. The molecule has 1 N–H and O–H groups in total. The lowest BCUT2D eigenvalue weighted by Crippen LogP contribution is -2.39. The SMILES string of the molecule is COc1ccc(Br)cc1COC(=O)[C@H](C)NS(=O)(=O)c1ccc(C)cc1. The molecule has 0 saturated heterocycles. The molecule has 0 aliphatic carbocycles. The molecule has 0 bridgehead atoms. The topological polar surface area (TPSA) is 81.7 Å². The summed E-state index contributed by atoms with van der Waals surface area (Å²) in [7, 11) is -2.29. The molecule has 8 heteroatoms. The minimum Gasteiger partial charge on any atom is -0.496 e. The van der Waals surface area contributed by atoms with Gasteiger partial charge in [0.2, 0.25) is 10.0 Å². The highest BCUT2D eigenvalue weighted by Gasteiger charge is 2.23. The fourth-order valence-electron chi connectivity index (χ4n) is 2.20. The van der Waals surface area contributed by atoms with E-state index in [1.54, 1.807) is 24.3 Å². The molecule has 140 valence electrons. The van der Waals surface area contributed by atoms with Crippen LogP contribution in [0.15, 0.2) is 51.8 Å². The number of hydrogen-bond donors (Lipinski definition) is 1. The van der Waals surface area contributed by atoms with Crippen LogP contribution in [0.4, 0.5) is 0 Å². The number of methoxy groups -OCH3 is 1. The number of benzene rings is 2. The van der Waals surface area contributed by atoms with Gasteiger partial charge in [0, 0.05) is 10.0 Å². The molecule has 6 nitrogen and oxygen atoms in total. The second-order valence-corrected chi connectivity index (χ2v) is 8.35. The lowest BCUT2D eigenvalue weighted by Gasteiger charge is -2.15. The Morgan fingerprint density at radius 2 is 1.85 bits per heavy atom. The van der Waals surface area contributed by atoms with Crippen LogP contribution in [0, 0.1) is 6.92 Å². The van der Waals surface area contributed by atoms with Crippen LogP contribution >= 0.6 is 15.9 Å². The molecule has 0 spiro atoms. The van der Waals surface area contributed by atoms with Crippen molar-refractivity contribution in [2.45, 2.75) is 31.4 Å². The maximum absolute atomic E-state index is 12.3. The average Bonchev–Trinajstić information content (AvgIpc) is 2.59. The largest absolute Gasteiger partial charge is 0.496 e. The molecule has 0 heterocycles. The summed E-state index contributed by atoms with van der Waals surface area (Å²) in [5.41, 5.74) is 1.61. The lowest BCUT2D eigenvalue weighted by molar-refractivity contribution is -0.146. The number of nitrogens with one attached hydrogen (secondary N) is 1. The zero-order valence-corrected chi connectivity index (χ0v) is 17.1. The molecule has 26 heavy (non-hydrogen) atoms. The van der Waals surface area contributed by atoms with Gasteiger partial charge in [0.05, 0.1) is 12.0 Å². The van der Waals surface area contributed by atoms with Crippen LogP contribution < -0.4 is 9.46 Å². The van der Waals surface area contributed by atoms with E-state index in [1.807, 2.05) is 13.0 Å². The van der Waals surface area contributed by atoms with Gasteiger partial charge in [-0.25, -0.2) is 8.42 Å². The minimum atomic E-state index is -3.81. The Labute approximate surface area is 161 Å². The Hall–Kier alpha value is -1.90. The quantitative estimate of drug-likeness (QED) is 0.667. The number of carbonyl (C=O) groups is 1. The van der Waals surface area contributed by atoms with E-state index in [-0.39, 0.29) is 11.5 Å². The van der Waals surface area contributed by atoms with Crippen molar-refractivity contribution in [3.63, 3.8) is 0 Å². The highest BCUT2D eigenvalue weighted by Crippen LogP contribution is 2.23. The third-order valence-electron chi connectivity index (χ3n) is 3.63. The van der Waals surface area contributed by atoms with Gasteiger partial charge in [-0.1, -0.05) is 33.6 Å².